The van der Waals surface area contributed by atoms with Crippen LogP contribution in [0.25, 0.3) is 0 Å². The number of carbonyl (C=O) groups is 1. The molecule has 0 aliphatic heterocycles. The predicted octanol–water partition coefficient (Wildman–Crippen LogP) is 3.74. The van der Waals surface area contributed by atoms with Crippen molar-refractivity contribution in [3.05, 3.63) is 34.3 Å². The predicted molar refractivity (Wildman–Crippen MR) is 73.1 cm³/mol. The van der Waals surface area contributed by atoms with Crippen LogP contribution in [0, 0.1) is 6.92 Å². The quantitative estimate of drug-likeness (QED) is 0.766. The summed E-state index contributed by atoms with van der Waals surface area (Å²) in [6.07, 6.45) is 0.781. The normalized spacial score (nSPS) is 12.3. The van der Waals surface area contributed by atoms with Crippen molar-refractivity contribution < 1.29 is 4.79 Å². The van der Waals surface area contributed by atoms with Crippen LogP contribution in [0.2, 0.25) is 5.02 Å². The van der Waals surface area contributed by atoms with Crippen LogP contribution in [-0.4, -0.2) is 29.8 Å². The summed E-state index contributed by atoms with van der Waals surface area (Å²) < 4.78 is 0. The van der Waals surface area contributed by atoms with E-state index in [9.17, 15) is 4.79 Å². The van der Waals surface area contributed by atoms with Crippen molar-refractivity contribution in [2.24, 2.45) is 0 Å². The highest BCUT2D eigenvalue weighted by Crippen LogP contribution is 2.16. The molecular weight excluding hydrogens is 257 g/mol. The Balaban J connectivity index is 2.74. The number of amides is 1. The van der Waals surface area contributed by atoms with Gasteiger partial charge in [-0.05, 0) is 44.0 Å². The minimum absolute atomic E-state index is 0.0204. The smallest absolute Gasteiger partial charge is 0.253 e. The molecule has 0 heterocycles. The molecule has 0 bridgehead atoms. The molecule has 0 fully saturated rings. The van der Waals surface area contributed by atoms with Crippen molar-refractivity contribution >= 4 is 29.1 Å². The highest BCUT2D eigenvalue weighted by molar-refractivity contribution is 6.31. The van der Waals surface area contributed by atoms with E-state index in [-0.39, 0.29) is 11.3 Å². The Hall–Kier alpha value is -0.730. The van der Waals surface area contributed by atoms with Gasteiger partial charge in [0, 0.05) is 29.6 Å². The summed E-state index contributed by atoms with van der Waals surface area (Å²) in [7, 11) is 1.78. The van der Waals surface area contributed by atoms with Crippen LogP contribution in [0.5, 0.6) is 0 Å². The van der Waals surface area contributed by atoms with Crippen molar-refractivity contribution in [3.8, 4) is 0 Å². The van der Waals surface area contributed by atoms with Gasteiger partial charge in [0.2, 0.25) is 0 Å². The second kappa shape index (κ2) is 6.27. The number of aryl methyl sites for hydroxylation is 1. The number of benzene rings is 1. The molecule has 2 nitrogen and oxygen atoms in total. The minimum Gasteiger partial charge on any atom is -0.342 e. The van der Waals surface area contributed by atoms with E-state index in [2.05, 4.69) is 0 Å². The lowest BCUT2D eigenvalue weighted by Crippen LogP contribution is -2.28. The van der Waals surface area contributed by atoms with Crippen LogP contribution in [-0.2, 0) is 0 Å². The molecule has 0 aliphatic carbocycles. The number of hydrogen-bond donors (Lipinski definition) is 0. The first kappa shape index (κ1) is 14.3. The Labute approximate surface area is 113 Å². The fourth-order valence-electron chi connectivity index (χ4n) is 1.55. The summed E-state index contributed by atoms with van der Waals surface area (Å²) in [5.74, 6) is -0.0204. The second-order valence-corrected chi connectivity index (χ2v) is 5.49. The van der Waals surface area contributed by atoms with Crippen LogP contribution < -0.4 is 0 Å². The van der Waals surface area contributed by atoms with E-state index < -0.39 is 0 Å². The summed E-state index contributed by atoms with van der Waals surface area (Å²) in [6, 6.07) is 5.37. The number of hydrogen-bond acceptors (Lipinski definition) is 1. The Bertz CT molecular complexity index is 384. The van der Waals surface area contributed by atoms with Gasteiger partial charge in [-0.15, -0.1) is 11.6 Å². The lowest BCUT2D eigenvalue weighted by molar-refractivity contribution is 0.0793. The van der Waals surface area contributed by atoms with Crippen LogP contribution in [0.15, 0.2) is 18.2 Å². The topological polar surface area (TPSA) is 20.3 Å². The lowest BCUT2D eigenvalue weighted by atomic mass is 10.1. The van der Waals surface area contributed by atoms with E-state index in [1.807, 2.05) is 26.0 Å². The fraction of sp³-hybridized carbons (Fsp3) is 0.462. The molecule has 1 aromatic carbocycles. The van der Waals surface area contributed by atoms with Gasteiger partial charge < -0.3 is 4.90 Å². The average Bonchev–Trinajstić information content (AvgIpc) is 2.23. The summed E-state index contributed by atoms with van der Waals surface area (Å²) >= 11 is 11.8. The van der Waals surface area contributed by atoms with Gasteiger partial charge in [0.25, 0.3) is 5.91 Å². The Kier molecular flexibility index (Phi) is 5.29. The number of rotatable bonds is 4. The molecule has 0 radical (unpaired) electrons. The summed E-state index contributed by atoms with van der Waals surface area (Å²) in [5.41, 5.74) is 1.61. The monoisotopic (exact) mass is 273 g/mol. The number of halogens is 2. The van der Waals surface area contributed by atoms with Crippen LogP contribution >= 0.6 is 23.2 Å². The number of alkyl halides is 1. The maximum absolute atomic E-state index is 12.1. The summed E-state index contributed by atoms with van der Waals surface area (Å²) in [6.45, 7) is 4.49. The van der Waals surface area contributed by atoms with E-state index in [1.54, 1.807) is 18.0 Å². The highest BCUT2D eigenvalue weighted by atomic mass is 35.5. The summed E-state index contributed by atoms with van der Waals surface area (Å²) in [4.78, 5) is 13.8. The van der Waals surface area contributed by atoms with Gasteiger partial charge in [0.15, 0.2) is 0 Å². The third kappa shape index (κ3) is 4.57. The van der Waals surface area contributed by atoms with Gasteiger partial charge >= 0.3 is 0 Å². The molecule has 0 saturated heterocycles. The third-order valence-corrected chi connectivity index (χ3v) is 2.93. The molecule has 0 saturated carbocycles. The van der Waals surface area contributed by atoms with Gasteiger partial charge in [-0.3, -0.25) is 4.79 Å². The first-order chi connectivity index (χ1) is 7.90. The van der Waals surface area contributed by atoms with Crippen molar-refractivity contribution in [1.29, 1.82) is 0 Å². The van der Waals surface area contributed by atoms with Gasteiger partial charge in [0.1, 0.15) is 0 Å². The lowest BCUT2D eigenvalue weighted by Gasteiger charge is -2.18. The zero-order valence-electron chi connectivity index (χ0n) is 10.3. The molecule has 0 N–H and O–H groups in total. The first-order valence-electron chi connectivity index (χ1n) is 5.57. The van der Waals surface area contributed by atoms with Crippen molar-refractivity contribution in [2.45, 2.75) is 25.6 Å². The van der Waals surface area contributed by atoms with Gasteiger partial charge in [-0.1, -0.05) is 11.6 Å². The second-order valence-electron chi connectivity index (χ2n) is 4.31. The van der Waals surface area contributed by atoms with E-state index in [0.717, 1.165) is 12.0 Å². The zero-order chi connectivity index (χ0) is 13.0. The molecule has 0 aromatic heterocycles. The van der Waals surface area contributed by atoms with E-state index in [1.165, 1.54) is 0 Å². The molecule has 17 heavy (non-hydrogen) atoms. The number of carbonyl (C=O) groups excluding carboxylic acids is 1. The maximum Gasteiger partial charge on any atom is 0.253 e. The van der Waals surface area contributed by atoms with Crippen LogP contribution in [0.4, 0.5) is 0 Å². The van der Waals surface area contributed by atoms with E-state index in [4.69, 9.17) is 23.2 Å². The molecule has 1 rings (SSSR count). The van der Waals surface area contributed by atoms with Gasteiger partial charge in [0.05, 0.1) is 0 Å². The first-order valence-corrected chi connectivity index (χ1v) is 6.38. The van der Waals surface area contributed by atoms with E-state index in [0.29, 0.717) is 17.1 Å². The molecule has 0 spiro atoms. The third-order valence-electron chi connectivity index (χ3n) is 2.50. The van der Waals surface area contributed by atoms with Crippen molar-refractivity contribution in [1.82, 2.24) is 4.90 Å². The molecule has 0 aliphatic rings. The molecule has 94 valence electrons. The Morgan fingerprint density at radius 3 is 2.59 bits per heavy atom. The number of nitrogens with zero attached hydrogens (tertiary/aromatic N) is 1. The van der Waals surface area contributed by atoms with Crippen molar-refractivity contribution in [2.75, 3.05) is 13.6 Å². The molecule has 1 unspecified atom stereocenters. The largest absolute Gasteiger partial charge is 0.342 e. The van der Waals surface area contributed by atoms with Gasteiger partial charge in [-0.25, -0.2) is 0 Å². The SMILES string of the molecule is Cc1cc(Cl)cc(C(=O)N(C)CCC(C)Cl)c1. The maximum atomic E-state index is 12.1. The van der Waals surface area contributed by atoms with Crippen LogP contribution in [0.3, 0.4) is 0 Å². The van der Waals surface area contributed by atoms with Crippen molar-refractivity contribution in [3.63, 3.8) is 0 Å². The Morgan fingerprint density at radius 1 is 1.41 bits per heavy atom. The summed E-state index contributed by atoms with van der Waals surface area (Å²) in [5, 5.41) is 0.666. The minimum atomic E-state index is -0.0204. The zero-order valence-corrected chi connectivity index (χ0v) is 11.8. The molecule has 1 atom stereocenters. The molecule has 1 aromatic rings. The van der Waals surface area contributed by atoms with Crippen LogP contribution in [0.1, 0.15) is 29.3 Å². The Morgan fingerprint density at radius 2 is 2.06 bits per heavy atom. The standard InChI is InChI=1S/C13H17Cl2NO/c1-9-6-11(8-12(15)7-9)13(17)16(3)5-4-10(2)14/h6-8,10H,4-5H2,1-3H3. The highest BCUT2D eigenvalue weighted by Gasteiger charge is 2.13. The molecule has 1 amide bonds. The van der Waals surface area contributed by atoms with E-state index >= 15 is 0 Å². The van der Waals surface area contributed by atoms with Gasteiger partial charge in [-0.2, -0.15) is 0 Å². The fourth-order valence-corrected chi connectivity index (χ4v) is 1.94. The average molecular weight is 274 g/mol. The molecular formula is C13H17Cl2NO. The molecule has 4 heteroatoms.